The van der Waals surface area contributed by atoms with Gasteiger partial charge in [-0.3, -0.25) is 0 Å². The first-order valence-electron chi connectivity index (χ1n) is 7.36. The molecule has 20 heavy (non-hydrogen) atoms. The van der Waals surface area contributed by atoms with Crippen LogP contribution in [0.3, 0.4) is 0 Å². The monoisotopic (exact) mass is 297 g/mol. The standard InChI is InChI=1S/C16H24ClNO2/c1-12(2)18-9-7-13(8-10-18)16(19)11-20-15-5-3-14(17)4-6-15/h3-6,12-13,16,19H,7-11H2,1-2H3. The summed E-state index contributed by atoms with van der Waals surface area (Å²) in [4.78, 5) is 2.46. The Kier molecular flexibility index (Phi) is 5.70. The second kappa shape index (κ2) is 7.30. The van der Waals surface area contributed by atoms with Gasteiger partial charge in [0.15, 0.2) is 0 Å². The Labute approximate surface area is 126 Å². The van der Waals surface area contributed by atoms with Crippen LogP contribution in [0.4, 0.5) is 0 Å². The van der Waals surface area contributed by atoms with Crippen molar-refractivity contribution in [3.8, 4) is 5.75 Å². The van der Waals surface area contributed by atoms with Crippen LogP contribution >= 0.6 is 11.6 Å². The van der Waals surface area contributed by atoms with Gasteiger partial charge in [0.1, 0.15) is 12.4 Å². The molecule has 0 aromatic heterocycles. The number of hydrogen-bond acceptors (Lipinski definition) is 3. The Balaban J connectivity index is 1.75. The Morgan fingerprint density at radius 1 is 1.25 bits per heavy atom. The summed E-state index contributed by atoms with van der Waals surface area (Å²) in [6, 6.07) is 7.85. The van der Waals surface area contributed by atoms with E-state index in [1.165, 1.54) is 0 Å². The number of nitrogens with zero attached hydrogens (tertiary/aromatic N) is 1. The molecule has 0 radical (unpaired) electrons. The summed E-state index contributed by atoms with van der Waals surface area (Å²) < 4.78 is 5.63. The maximum absolute atomic E-state index is 10.2. The molecular weight excluding hydrogens is 274 g/mol. The van der Waals surface area contributed by atoms with Gasteiger partial charge >= 0.3 is 0 Å². The van der Waals surface area contributed by atoms with Crippen LogP contribution in [-0.2, 0) is 0 Å². The van der Waals surface area contributed by atoms with Crippen molar-refractivity contribution in [2.45, 2.75) is 38.8 Å². The molecule has 1 saturated heterocycles. The Bertz CT molecular complexity index is 399. The zero-order chi connectivity index (χ0) is 14.5. The van der Waals surface area contributed by atoms with Gasteiger partial charge in [-0.15, -0.1) is 0 Å². The van der Waals surface area contributed by atoms with Crippen molar-refractivity contribution in [3.63, 3.8) is 0 Å². The van der Waals surface area contributed by atoms with Crippen molar-refractivity contribution in [3.05, 3.63) is 29.3 Å². The summed E-state index contributed by atoms with van der Waals surface area (Å²) in [7, 11) is 0. The predicted molar refractivity (Wildman–Crippen MR) is 82.4 cm³/mol. The average molecular weight is 298 g/mol. The van der Waals surface area contributed by atoms with E-state index in [9.17, 15) is 5.11 Å². The second-order valence-electron chi connectivity index (χ2n) is 5.80. The van der Waals surface area contributed by atoms with Crippen molar-refractivity contribution >= 4 is 11.6 Å². The highest BCUT2D eigenvalue weighted by molar-refractivity contribution is 6.30. The number of halogens is 1. The molecule has 1 aliphatic rings. The van der Waals surface area contributed by atoms with Crippen LogP contribution in [0.2, 0.25) is 5.02 Å². The lowest BCUT2D eigenvalue weighted by molar-refractivity contribution is 0.0205. The first-order chi connectivity index (χ1) is 9.56. The summed E-state index contributed by atoms with van der Waals surface area (Å²) in [5, 5.41) is 10.9. The molecule has 1 fully saturated rings. The number of aliphatic hydroxyl groups excluding tert-OH is 1. The SMILES string of the molecule is CC(C)N1CCC(C(O)COc2ccc(Cl)cc2)CC1. The molecular formula is C16H24ClNO2. The molecule has 1 aromatic carbocycles. The summed E-state index contributed by atoms with van der Waals surface area (Å²) in [6.07, 6.45) is 1.70. The van der Waals surface area contributed by atoms with E-state index in [0.717, 1.165) is 31.7 Å². The van der Waals surface area contributed by atoms with Crippen LogP contribution in [0.15, 0.2) is 24.3 Å². The smallest absolute Gasteiger partial charge is 0.119 e. The summed E-state index contributed by atoms with van der Waals surface area (Å²) in [5.74, 6) is 1.10. The first kappa shape index (κ1) is 15.6. The number of aliphatic hydroxyl groups is 1. The molecule has 1 aromatic rings. The lowest BCUT2D eigenvalue weighted by Gasteiger charge is -2.36. The highest BCUT2D eigenvalue weighted by Crippen LogP contribution is 2.23. The third kappa shape index (κ3) is 4.37. The zero-order valence-corrected chi connectivity index (χ0v) is 13.0. The molecule has 2 rings (SSSR count). The van der Waals surface area contributed by atoms with E-state index in [1.807, 2.05) is 12.1 Å². The van der Waals surface area contributed by atoms with Gasteiger partial charge in [-0.2, -0.15) is 0 Å². The maximum atomic E-state index is 10.2. The van der Waals surface area contributed by atoms with Gasteiger partial charge < -0.3 is 14.7 Å². The molecule has 1 N–H and O–H groups in total. The van der Waals surface area contributed by atoms with E-state index in [1.54, 1.807) is 12.1 Å². The van der Waals surface area contributed by atoms with E-state index in [4.69, 9.17) is 16.3 Å². The van der Waals surface area contributed by atoms with Gasteiger partial charge in [0.2, 0.25) is 0 Å². The van der Waals surface area contributed by atoms with Crippen LogP contribution in [0.5, 0.6) is 5.75 Å². The third-order valence-electron chi connectivity index (χ3n) is 4.08. The van der Waals surface area contributed by atoms with Crippen molar-refractivity contribution < 1.29 is 9.84 Å². The highest BCUT2D eigenvalue weighted by atomic mass is 35.5. The number of hydrogen-bond donors (Lipinski definition) is 1. The second-order valence-corrected chi connectivity index (χ2v) is 6.24. The zero-order valence-electron chi connectivity index (χ0n) is 12.3. The minimum absolute atomic E-state index is 0.345. The Morgan fingerprint density at radius 3 is 2.40 bits per heavy atom. The molecule has 4 heteroatoms. The number of benzene rings is 1. The molecule has 0 amide bonds. The van der Waals surface area contributed by atoms with Gasteiger partial charge in [0, 0.05) is 11.1 Å². The fourth-order valence-electron chi connectivity index (χ4n) is 2.67. The van der Waals surface area contributed by atoms with E-state index in [-0.39, 0.29) is 6.10 Å². The van der Waals surface area contributed by atoms with Gasteiger partial charge in [-0.1, -0.05) is 11.6 Å². The first-order valence-corrected chi connectivity index (χ1v) is 7.74. The van der Waals surface area contributed by atoms with Crippen LogP contribution in [-0.4, -0.2) is 41.8 Å². The molecule has 0 spiro atoms. The van der Waals surface area contributed by atoms with E-state index in [2.05, 4.69) is 18.7 Å². The summed E-state index contributed by atoms with van der Waals surface area (Å²) in [6.45, 7) is 6.94. The molecule has 3 nitrogen and oxygen atoms in total. The largest absolute Gasteiger partial charge is 0.491 e. The van der Waals surface area contributed by atoms with E-state index in [0.29, 0.717) is 23.6 Å². The predicted octanol–water partition coefficient (Wildman–Crippen LogP) is 3.20. The lowest BCUT2D eigenvalue weighted by atomic mass is 9.91. The minimum Gasteiger partial charge on any atom is -0.491 e. The van der Waals surface area contributed by atoms with Gasteiger partial charge in [-0.25, -0.2) is 0 Å². The molecule has 0 saturated carbocycles. The molecule has 112 valence electrons. The van der Waals surface area contributed by atoms with E-state index < -0.39 is 0 Å². The Morgan fingerprint density at radius 2 is 1.85 bits per heavy atom. The highest BCUT2D eigenvalue weighted by Gasteiger charge is 2.26. The summed E-state index contributed by atoms with van der Waals surface area (Å²) >= 11 is 5.83. The normalized spacial score (nSPS) is 19.2. The molecule has 0 aliphatic carbocycles. The number of rotatable bonds is 5. The van der Waals surface area contributed by atoms with Crippen LogP contribution in [0.1, 0.15) is 26.7 Å². The maximum Gasteiger partial charge on any atom is 0.119 e. The van der Waals surface area contributed by atoms with Crippen LogP contribution in [0, 0.1) is 5.92 Å². The van der Waals surface area contributed by atoms with Gasteiger partial charge in [0.05, 0.1) is 6.10 Å². The quantitative estimate of drug-likeness (QED) is 0.906. The minimum atomic E-state index is -0.389. The molecule has 1 atom stereocenters. The third-order valence-corrected chi connectivity index (χ3v) is 4.34. The van der Waals surface area contributed by atoms with E-state index >= 15 is 0 Å². The molecule has 0 bridgehead atoms. The average Bonchev–Trinajstić information content (AvgIpc) is 2.46. The van der Waals surface area contributed by atoms with Crippen molar-refractivity contribution in [2.75, 3.05) is 19.7 Å². The summed E-state index contributed by atoms with van der Waals surface area (Å²) in [5.41, 5.74) is 0. The lowest BCUT2D eigenvalue weighted by Crippen LogP contribution is -2.42. The van der Waals surface area contributed by atoms with Gasteiger partial charge in [-0.05, 0) is 70.0 Å². The molecule has 1 heterocycles. The van der Waals surface area contributed by atoms with Crippen LogP contribution < -0.4 is 4.74 Å². The number of ether oxygens (including phenoxy) is 1. The number of likely N-dealkylation sites (tertiary alicyclic amines) is 1. The fraction of sp³-hybridized carbons (Fsp3) is 0.625. The van der Waals surface area contributed by atoms with Crippen molar-refractivity contribution in [1.29, 1.82) is 0 Å². The van der Waals surface area contributed by atoms with Crippen LogP contribution in [0.25, 0.3) is 0 Å². The van der Waals surface area contributed by atoms with Gasteiger partial charge in [0.25, 0.3) is 0 Å². The topological polar surface area (TPSA) is 32.7 Å². The Hall–Kier alpha value is -0.770. The van der Waals surface area contributed by atoms with Crippen molar-refractivity contribution in [1.82, 2.24) is 4.90 Å². The number of piperidine rings is 1. The molecule has 1 aliphatic heterocycles. The molecule has 1 unspecified atom stereocenters. The fourth-order valence-corrected chi connectivity index (χ4v) is 2.80. The van der Waals surface area contributed by atoms with Crippen molar-refractivity contribution in [2.24, 2.45) is 5.92 Å².